The van der Waals surface area contributed by atoms with Crippen LogP contribution in [0.5, 0.6) is 0 Å². The van der Waals surface area contributed by atoms with Gasteiger partial charge in [-0.15, -0.1) is 11.3 Å². The molecule has 112 valence electrons. The largest absolute Gasteiger partial charge is 0.305 e. The van der Waals surface area contributed by atoms with Gasteiger partial charge in [0.05, 0.1) is 0 Å². The summed E-state index contributed by atoms with van der Waals surface area (Å²) in [6.45, 7) is 7.65. The van der Waals surface area contributed by atoms with E-state index in [0.29, 0.717) is 6.04 Å². The molecule has 21 heavy (non-hydrogen) atoms. The van der Waals surface area contributed by atoms with Crippen molar-refractivity contribution >= 4 is 11.3 Å². The first-order chi connectivity index (χ1) is 10.1. The monoisotopic (exact) mass is 299 g/mol. The Labute approximate surface area is 132 Å². The van der Waals surface area contributed by atoms with Crippen LogP contribution in [0.2, 0.25) is 0 Å². The fraction of sp³-hybridized carbons (Fsp3) is 0.474. The number of rotatable bonds is 4. The summed E-state index contributed by atoms with van der Waals surface area (Å²) >= 11 is 1.91. The van der Waals surface area contributed by atoms with E-state index in [0.717, 1.165) is 6.54 Å². The van der Waals surface area contributed by atoms with Crippen molar-refractivity contribution in [3.05, 3.63) is 56.3 Å². The minimum absolute atomic E-state index is 0.417. The molecule has 1 aliphatic carbocycles. The van der Waals surface area contributed by atoms with Crippen LogP contribution >= 0.6 is 11.3 Å². The van der Waals surface area contributed by atoms with Gasteiger partial charge in [-0.3, -0.25) is 0 Å². The van der Waals surface area contributed by atoms with E-state index >= 15 is 0 Å². The molecule has 0 aliphatic heterocycles. The smallest absolute Gasteiger partial charge is 0.0305 e. The molecule has 0 saturated heterocycles. The first kappa shape index (κ1) is 14.8. The summed E-state index contributed by atoms with van der Waals surface area (Å²) < 4.78 is 0. The minimum Gasteiger partial charge on any atom is -0.305 e. The van der Waals surface area contributed by atoms with Gasteiger partial charge in [-0.05, 0) is 74.8 Å². The predicted octanol–water partition coefficient (Wildman–Crippen LogP) is 5.09. The topological polar surface area (TPSA) is 12.0 Å². The third kappa shape index (κ3) is 3.38. The van der Waals surface area contributed by atoms with Crippen molar-refractivity contribution in [1.82, 2.24) is 5.32 Å². The van der Waals surface area contributed by atoms with Crippen molar-refractivity contribution in [2.75, 3.05) is 0 Å². The van der Waals surface area contributed by atoms with Crippen molar-refractivity contribution in [2.24, 2.45) is 0 Å². The van der Waals surface area contributed by atoms with Crippen LogP contribution in [-0.4, -0.2) is 0 Å². The van der Waals surface area contributed by atoms with Crippen molar-refractivity contribution in [1.29, 1.82) is 0 Å². The second-order valence-electron chi connectivity index (χ2n) is 6.29. The van der Waals surface area contributed by atoms with E-state index in [4.69, 9.17) is 0 Å². The molecule has 2 heteroatoms. The summed E-state index contributed by atoms with van der Waals surface area (Å²) in [5.41, 5.74) is 6.00. The van der Waals surface area contributed by atoms with Crippen LogP contribution in [0.15, 0.2) is 24.3 Å². The fourth-order valence-corrected chi connectivity index (χ4v) is 4.14. The number of hydrogen-bond donors (Lipinski definition) is 1. The van der Waals surface area contributed by atoms with Crippen molar-refractivity contribution in [3.63, 3.8) is 0 Å². The molecule has 1 aromatic carbocycles. The third-order valence-corrected chi connectivity index (χ3v) is 5.82. The summed E-state index contributed by atoms with van der Waals surface area (Å²) in [7, 11) is 0. The number of thiophene rings is 1. The van der Waals surface area contributed by atoms with Gasteiger partial charge in [0, 0.05) is 22.3 Å². The Bertz CT molecular complexity index is 607. The van der Waals surface area contributed by atoms with Gasteiger partial charge in [0.15, 0.2) is 0 Å². The highest BCUT2D eigenvalue weighted by Crippen LogP contribution is 2.25. The van der Waals surface area contributed by atoms with Gasteiger partial charge in [0.25, 0.3) is 0 Å². The SMILES string of the molecule is Cc1cc(CNC(C)c2ccc3c(c2)CCCC3)sc1C. The summed E-state index contributed by atoms with van der Waals surface area (Å²) in [5, 5.41) is 3.67. The Morgan fingerprint density at radius 3 is 2.57 bits per heavy atom. The van der Waals surface area contributed by atoms with Crippen molar-refractivity contribution in [2.45, 2.75) is 59.0 Å². The van der Waals surface area contributed by atoms with Crippen molar-refractivity contribution in [3.8, 4) is 0 Å². The van der Waals surface area contributed by atoms with E-state index in [9.17, 15) is 0 Å². The first-order valence-corrected chi connectivity index (χ1v) is 8.86. The van der Waals surface area contributed by atoms with E-state index in [-0.39, 0.29) is 0 Å². The van der Waals surface area contributed by atoms with Crippen molar-refractivity contribution < 1.29 is 0 Å². The number of benzene rings is 1. The second kappa shape index (κ2) is 6.33. The highest BCUT2D eigenvalue weighted by Gasteiger charge is 2.12. The lowest BCUT2D eigenvalue weighted by Crippen LogP contribution is -2.18. The van der Waals surface area contributed by atoms with Crippen LogP contribution in [0.4, 0.5) is 0 Å². The van der Waals surface area contributed by atoms with Gasteiger partial charge in [-0.25, -0.2) is 0 Å². The molecule has 0 amide bonds. The van der Waals surface area contributed by atoms with Gasteiger partial charge < -0.3 is 5.32 Å². The molecule has 1 nitrogen and oxygen atoms in total. The highest BCUT2D eigenvalue weighted by atomic mass is 32.1. The quantitative estimate of drug-likeness (QED) is 0.828. The standard InChI is InChI=1S/C19H25NS/c1-13-10-19(21-15(13)3)12-20-14(2)17-9-8-16-6-4-5-7-18(16)11-17/h8-11,14,20H,4-7,12H2,1-3H3. The third-order valence-electron chi connectivity index (χ3n) is 4.67. The van der Waals surface area contributed by atoms with E-state index in [1.54, 1.807) is 11.1 Å². The molecule has 1 atom stereocenters. The minimum atomic E-state index is 0.417. The summed E-state index contributed by atoms with van der Waals surface area (Å²) in [5.74, 6) is 0. The second-order valence-corrected chi connectivity index (χ2v) is 7.63. The molecular weight excluding hydrogens is 274 g/mol. The zero-order valence-corrected chi connectivity index (χ0v) is 14.1. The molecule has 3 rings (SSSR count). The number of nitrogens with one attached hydrogen (secondary N) is 1. The van der Waals surface area contributed by atoms with E-state index in [1.165, 1.54) is 46.6 Å². The Morgan fingerprint density at radius 2 is 1.86 bits per heavy atom. The molecule has 1 aliphatic rings. The van der Waals surface area contributed by atoms with Crippen LogP contribution in [0.3, 0.4) is 0 Å². The molecular formula is C19H25NS. The molecule has 0 bridgehead atoms. The fourth-order valence-electron chi connectivity index (χ4n) is 3.13. The first-order valence-electron chi connectivity index (χ1n) is 8.04. The van der Waals surface area contributed by atoms with Gasteiger partial charge in [0.2, 0.25) is 0 Å². The Morgan fingerprint density at radius 1 is 1.10 bits per heavy atom. The molecule has 0 fully saturated rings. The molecule has 0 spiro atoms. The van der Waals surface area contributed by atoms with Gasteiger partial charge >= 0.3 is 0 Å². The van der Waals surface area contributed by atoms with Gasteiger partial charge in [-0.2, -0.15) is 0 Å². The van der Waals surface area contributed by atoms with Crippen LogP contribution in [0, 0.1) is 13.8 Å². The predicted molar refractivity (Wildman–Crippen MR) is 92.1 cm³/mol. The molecule has 0 radical (unpaired) electrons. The normalized spacial score (nSPS) is 15.8. The van der Waals surface area contributed by atoms with Gasteiger partial charge in [0.1, 0.15) is 0 Å². The summed E-state index contributed by atoms with van der Waals surface area (Å²) in [6.07, 6.45) is 5.24. The number of fused-ring (bicyclic) bond motifs is 1. The summed E-state index contributed by atoms with van der Waals surface area (Å²) in [6, 6.07) is 9.82. The molecule has 1 heterocycles. The van der Waals surface area contributed by atoms with E-state index in [2.05, 4.69) is 50.4 Å². The lowest BCUT2D eigenvalue weighted by Gasteiger charge is -2.20. The Kier molecular flexibility index (Phi) is 4.46. The van der Waals surface area contributed by atoms with Crippen LogP contribution in [0.25, 0.3) is 0 Å². The molecule has 1 unspecified atom stereocenters. The molecule has 2 aromatic rings. The van der Waals surface area contributed by atoms with Crippen LogP contribution in [-0.2, 0) is 19.4 Å². The Balaban J connectivity index is 1.66. The zero-order valence-electron chi connectivity index (χ0n) is 13.3. The van der Waals surface area contributed by atoms with E-state index < -0.39 is 0 Å². The molecule has 1 N–H and O–H groups in total. The highest BCUT2D eigenvalue weighted by molar-refractivity contribution is 7.12. The summed E-state index contributed by atoms with van der Waals surface area (Å²) in [4.78, 5) is 2.88. The molecule has 0 saturated carbocycles. The maximum atomic E-state index is 3.67. The average Bonchev–Trinajstić information content (AvgIpc) is 2.83. The molecule has 1 aromatic heterocycles. The maximum absolute atomic E-state index is 3.67. The number of hydrogen-bond acceptors (Lipinski definition) is 2. The maximum Gasteiger partial charge on any atom is 0.0305 e. The lowest BCUT2D eigenvalue weighted by atomic mass is 9.89. The lowest BCUT2D eigenvalue weighted by molar-refractivity contribution is 0.576. The zero-order chi connectivity index (χ0) is 14.8. The number of aryl methyl sites for hydroxylation is 4. The van der Waals surface area contributed by atoms with Crippen LogP contribution in [0.1, 0.15) is 57.8 Å². The Hall–Kier alpha value is -1.12. The average molecular weight is 299 g/mol. The van der Waals surface area contributed by atoms with Gasteiger partial charge in [-0.1, -0.05) is 18.2 Å². The van der Waals surface area contributed by atoms with E-state index in [1.807, 2.05) is 11.3 Å². The van der Waals surface area contributed by atoms with Crippen LogP contribution < -0.4 is 5.32 Å².